The van der Waals surface area contributed by atoms with Gasteiger partial charge in [-0.3, -0.25) is 9.78 Å². The third kappa shape index (κ3) is 3.33. The maximum Gasteiger partial charge on any atom is 0.308 e. The van der Waals surface area contributed by atoms with E-state index < -0.39 is 0 Å². The summed E-state index contributed by atoms with van der Waals surface area (Å²) in [6.07, 6.45) is 5.35. The lowest BCUT2D eigenvalue weighted by molar-refractivity contribution is -0.146. The molecule has 2 heterocycles. The number of aromatic nitrogens is 1. The van der Waals surface area contributed by atoms with Crippen molar-refractivity contribution in [3.05, 3.63) is 24.5 Å². The third-order valence-corrected chi connectivity index (χ3v) is 3.04. The van der Waals surface area contributed by atoms with Gasteiger partial charge in [0.05, 0.1) is 24.9 Å². The molecule has 0 unspecified atom stereocenters. The maximum atomic E-state index is 11.4. The Bertz CT molecular complexity index is 351. The SMILES string of the molecule is COC(=O)C1CCN(c2cccnc2)CC1.Cl. The number of hydrogen-bond acceptors (Lipinski definition) is 4. The molecule has 0 aliphatic carbocycles. The van der Waals surface area contributed by atoms with Crippen molar-refractivity contribution in [1.82, 2.24) is 4.98 Å². The Morgan fingerprint density at radius 1 is 1.47 bits per heavy atom. The molecule has 0 aromatic carbocycles. The Hall–Kier alpha value is -1.29. The van der Waals surface area contributed by atoms with Gasteiger partial charge in [0.25, 0.3) is 0 Å². The number of piperidine rings is 1. The zero-order valence-electron chi connectivity index (χ0n) is 9.83. The molecule has 0 spiro atoms. The van der Waals surface area contributed by atoms with Crippen molar-refractivity contribution in [1.29, 1.82) is 0 Å². The first-order valence-electron chi connectivity index (χ1n) is 5.54. The molecule has 1 aromatic rings. The molecule has 1 aliphatic heterocycles. The molecule has 0 bridgehead atoms. The van der Waals surface area contributed by atoms with E-state index in [0.717, 1.165) is 31.6 Å². The molecular weight excluding hydrogens is 240 g/mol. The van der Waals surface area contributed by atoms with Crippen LogP contribution >= 0.6 is 12.4 Å². The molecule has 17 heavy (non-hydrogen) atoms. The van der Waals surface area contributed by atoms with Crippen molar-refractivity contribution in [3.63, 3.8) is 0 Å². The van der Waals surface area contributed by atoms with E-state index >= 15 is 0 Å². The second-order valence-corrected chi connectivity index (χ2v) is 4.00. The summed E-state index contributed by atoms with van der Waals surface area (Å²) in [5.41, 5.74) is 1.13. The highest BCUT2D eigenvalue weighted by Gasteiger charge is 2.25. The highest BCUT2D eigenvalue weighted by Crippen LogP contribution is 2.22. The van der Waals surface area contributed by atoms with Crippen molar-refractivity contribution < 1.29 is 9.53 Å². The molecule has 1 saturated heterocycles. The van der Waals surface area contributed by atoms with Gasteiger partial charge in [0.15, 0.2) is 0 Å². The smallest absolute Gasteiger partial charge is 0.308 e. The summed E-state index contributed by atoms with van der Waals surface area (Å²) in [4.78, 5) is 17.7. The Morgan fingerprint density at radius 2 is 2.18 bits per heavy atom. The molecule has 1 aliphatic rings. The summed E-state index contributed by atoms with van der Waals surface area (Å²) in [6, 6.07) is 3.98. The number of anilines is 1. The van der Waals surface area contributed by atoms with Crippen LogP contribution in [0.5, 0.6) is 0 Å². The fourth-order valence-electron chi connectivity index (χ4n) is 2.08. The fourth-order valence-corrected chi connectivity index (χ4v) is 2.08. The quantitative estimate of drug-likeness (QED) is 0.758. The molecule has 94 valence electrons. The van der Waals surface area contributed by atoms with Crippen molar-refractivity contribution >= 4 is 24.1 Å². The Morgan fingerprint density at radius 3 is 2.71 bits per heavy atom. The van der Waals surface area contributed by atoms with E-state index in [4.69, 9.17) is 4.74 Å². The normalized spacial score (nSPS) is 16.2. The lowest BCUT2D eigenvalue weighted by Gasteiger charge is -2.32. The molecule has 1 fully saturated rings. The van der Waals surface area contributed by atoms with Crippen LogP contribution in [-0.2, 0) is 9.53 Å². The zero-order chi connectivity index (χ0) is 11.4. The van der Waals surface area contributed by atoms with Gasteiger partial charge >= 0.3 is 5.97 Å². The van der Waals surface area contributed by atoms with Gasteiger partial charge < -0.3 is 9.64 Å². The van der Waals surface area contributed by atoms with Crippen LogP contribution in [0.4, 0.5) is 5.69 Å². The van der Waals surface area contributed by atoms with Crippen LogP contribution in [0.2, 0.25) is 0 Å². The van der Waals surface area contributed by atoms with E-state index in [0.29, 0.717) is 0 Å². The molecule has 4 nitrogen and oxygen atoms in total. The summed E-state index contributed by atoms with van der Waals surface area (Å²) in [5, 5.41) is 0. The number of carbonyl (C=O) groups is 1. The second kappa shape index (κ2) is 6.45. The van der Waals surface area contributed by atoms with Gasteiger partial charge in [0.1, 0.15) is 0 Å². The van der Waals surface area contributed by atoms with Gasteiger partial charge in [-0.25, -0.2) is 0 Å². The average Bonchev–Trinajstić information content (AvgIpc) is 2.39. The minimum absolute atomic E-state index is 0. The largest absolute Gasteiger partial charge is 0.469 e. The standard InChI is InChI=1S/C12H16N2O2.ClH/c1-16-12(15)10-4-7-14(8-5-10)11-3-2-6-13-9-11;/h2-3,6,9-10H,4-5,7-8H2,1H3;1H. The van der Waals surface area contributed by atoms with Crippen LogP contribution in [0.15, 0.2) is 24.5 Å². The topological polar surface area (TPSA) is 42.4 Å². The van der Waals surface area contributed by atoms with Gasteiger partial charge in [-0.05, 0) is 25.0 Å². The minimum Gasteiger partial charge on any atom is -0.469 e. The van der Waals surface area contributed by atoms with E-state index in [1.165, 1.54) is 7.11 Å². The van der Waals surface area contributed by atoms with Crippen LogP contribution in [0.3, 0.4) is 0 Å². The van der Waals surface area contributed by atoms with Crippen LogP contribution in [0.25, 0.3) is 0 Å². The van der Waals surface area contributed by atoms with E-state index in [2.05, 4.69) is 9.88 Å². The molecule has 2 rings (SSSR count). The molecule has 0 radical (unpaired) electrons. The monoisotopic (exact) mass is 256 g/mol. The van der Waals surface area contributed by atoms with Crippen molar-refractivity contribution in [2.24, 2.45) is 5.92 Å². The summed E-state index contributed by atoms with van der Waals surface area (Å²) < 4.78 is 4.76. The van der Waals surface area contributed by atoms with Gasteiger partial charge in [-0.2, -0.15) is 0 Å². The molecule has 0 atom stereocenters. The van der Waals surface area contributed by atoms with Gasteiger partial charge in [0.2, 0.25) is 0 Å². The summed E-state index contributed by atoms with van der Waals surface area (Å²) >= 11 is 0. The number of halogens is 1. The van der Waals surface area contributed by atoms with E-state index in [1.807, 2.05) is 18.3 Å². The van der Waals surface area contributed by atoms with Gasteiger partial charge in [-0.1, -0.05) is 0 Å². The molecule has 0 saturated carbocycles. The number of rotatable bonds is 2. The lowest BCUT2D eigenvalue weighted by Crippen LogP contribution is -2.36. The molecule has 0 N–H and O–H groups in total. The van der Waals surface area contributed by atoms with Crippen molar-refractivity contribution in [2.75, 3.05) is 25.1 Å². The highest BCUT2D eigenvalue weighted by molar-refractivity contribution is 5.85. The predicted octanol–water partition coefficient (Wildman–Crippen LogP) is 1.89. The Labute approximate surface area is 107 Å². The minimum atomic E-state index is -0.0779. The van der Waals surface area contributed by atoms with Crippen molar-refractivity contribution in [3.8, 4) is 0 Å². The Kier molecular flexibility index (Phi) is 5.22. The van der Waals surface area contributed by atoms with Gasteiger partial charge in [-0.15, -0.1) is 12.4 Å². The molecular formula is C12H17ClN2O2. The molecule has 5 heteroatoms. The Balaban J connectivity index is 0.00000144. The average molecular weight is 257 g/mol. The van der Waals surface area contributed by atoms with E-state index in [9.17, 15) is 4.79 Å². The summed E-state index contributed by atoms with van der Waals surface area (Å²) in [5.74, 6) is -0.0104. The van der Waals surface area contributed by atoms with Crippen LogP contribution < -0.4 is 4.90 Å². The van der Waals surface area contributed by atoms with Crippen LogP contribution in [-0.4, -0.2) is 31.2 Å². The highest BCUT2D eigenvalue weighted by atomic mass is 35.5. The summed E-state index contributed by atoms with van der Waals surface area (Å²) in [6.45, 7) is 1.79. The number of esters is 1. The summed E-state index contributed by atoms with van der Waals surface area (Å²) in [7, 11) is 1.45. The number of ether oxygens (including phenoxy) is 1. The fraction of sp³-hybridized carbons (Fsp3) is 0.500. The van der Waals surface area contributed by atoms with Crippen LogP contribution in [0.1, 0.15) is 12.8 Å². The van der Waals surface area contributed by atoms with Crippen molar-refractivity contribution in [2.45, 2.75) is 12.8 Å². The van der Waals surface area contributed by atoms with Gasteiger partial charge in [0, 0.05) is 19.3 Å². The third-order valence-electron chi connectivity index (χ3n) is 3.04. The number of carbonyl (C=O) groups excluding carboxylic acids is 1. The first kappa shape index (κ1) is 13.8. The molecule has 1 aromatic heterocycles. The predicted molar refractivity (Wildman–Crippen MR) is 68.4 cm³/mol. The number of methoxy groups -OCH3 is 1. The second-order valence-electron chi connectivity index (χ2n) is 4.00. The van der Waals surface area contributed by atoms with Crippen LogP contribution in [0, 0.1) is 5.92 Å². The van der Waals surface area contributed by atoms with E-state index in [-0.39, 0.29) is 24.3 Å². The first-order chi connectivity index (χ1) is 7.81. The number of pyridine rings is 1. The van der Waals surface area contributed by atoms with E-state index in [1.54, 1.807) is 6.20 Å². The maximum absolute atomic E-state index is 11.4. The zero-order valence-corrected chi connectivity index (χ0v) is 10.7. The number of nitrogens with zero attached hydrogens (tertiary/aromatic N) is 2. The first-order valence-corrected chi connectivity index (χ1v) is 5.54. The lowest BCUT2D eigenvalue weighted by atomic mass is 9.97. The number of hydrogen-bond donors (Lipinski definition) is 0. The molecule has 0 amide bonds.